The predicted molar refractivity (Wildman–Crippen MR) is 57.8 cm³/mol. The van der Waals surface area contributed by atoms with Gasteiger partial charge in [0.15, 0.2) is 0 Å². The van der Waals surface area contributed by atoms with Gasteiger partial charge in [0.05, 0.1) is 10.7 Å². The summed E-state index contributed by atoms with van der Waals surface area (Å²) in [5, 5.41) is 15.5. The monoisotopic (exact) mass is 271 g/mol. The van der Waals surface area contributed by atoms with Crippen molar-refractivity contribution < 1.29 is 9.50 Å². The van der Waals surface area contributed by atoms with E-state index in [4.69, 9.17) is 5.73 Å². The number of phenols is 1. The second-order valence-electron chi connectivity index (χ2n) is 2.96. The van der Waals surface area contributed by atoms with Crippen LogP contribution in [0.15, 0.2) is 22.8 Å². The number of aromatic amines is 1. The van der Waals surface area contributed by atoms with Gasteiger partial charge in [0.2, 0.25) is 0 Å². The highest BCUT2D eigenvalue weighted by Gasteiger charge is 2.14. The van der Waals surface area contributed by atoms with Gasteiger partial charge in [0.1, 0.15) is 17.4 Å². The number of halogens is 2. The Kier molecular flexibility index (Phi) is 2.36. The number of aromatic hydroxyl groups is 1. The number of hydrogen-bond donors (Lipinski definition) is 3. The van der Waals surface area contributed by atoms with Gasteiger partial charge in [-0.25, -0.2) is 4.39 Å². The molecule has 2 rings (SSSR count). The number of anilines is 1. The summed E-state index contributed by atoms with van der Waals surface area (Å²) in [6, 6.07) is 2.82. The van der Waals surface area contributed by atoms with E-state index < -0.39 is 5.82 Å². The van der Waals surface area contributed by atoms with Crippen LogP contribution in [0.3, 0.4) is 0 Å². The van der Waals surface area contributed by atoms with Crippen LogP contribution in [0, 0.1) is 5.82 Å². The molecule has 0 unspecified atom stereocenters. The second kappa shape index (κ2) is 3.54. The maximum atomic E-state index is 13.7. The van der Waals surface area contributed by atoms with Crippen molar-refractivity contribution in [1.82, 2.24) is 10.2 Å². The molecule has 0 spiro atoms. The first-order chi connectivity index (χ1) is 7.11. The number of hydrogen-bond acceptors (Lipinski definition) is 3. The van der Waals surface area contributed by atoms with Gasteiger partial charge in [-0.3, -0.25) is 5.10 Å². The highest BCUT2D eigenvalue weighted by atomic mass is 79.9. The molecule has 1 heterocycles. The Balaban J connectivity index is 2.65. The fourth-order valence-electron chi connectivity index (χ4n) is 1.26. The van der Waals surface area contributed by atoms with Crippen LogP contribution >= 0.6 is 15.9 Å². The van der Waals surface area contributed by atoms with Crippen molar-refractivity contribution in [3.05, 3.63) is 28.6 Å². The summed E-state index contributed by atoms with van der Waals surface area (Å²) in [5.74, 6) is -0.437. The van der Waals surface area contributed by atoms with Crippen LogP contribution in [0.4, 0.5) is 10.2 Å². The van der Waals surface area contributed by atoms with Crippen LogP contribution in [0.2, 0.25) is 0 Å². The number of nitrogens with two attached hydrogens (primary N) is 1. The third kappa shape index (κ3) is 1.56. The average molecular weight is 272 g/mol. The highest BCUT2D eigenvalue weighted by molar-refractivity contribution is 9.10. The zero-order valence-electron chi connectivity index (χ0n) is 7.46. The minimum atomic E-state index is -0.567. The molecule has 0 aliphatic rings. The number of rotatable bonds is 1. The molecule has 4 N–H and O–H groups in total. The Hall–Kier alpha value is -1.56. The second-order valence-corrected chi connectivity index (χ2v) is 3.75. The van der Waals surface area contributed by atoms with Gasteiger partial charge in [-0.1, -0.05) is 0 Å². The normalized spacial score (nSPS) is 10.5. The minimum Gasteiger partial charge on any atom is -0.507 e. The fraction of sp³-hybridized carbons (Fsp3) is 0. The summed E-state index contributed by atoms with van der Waals surface area (Å²) < 4.78 is 13.7. The molecule has 0 atom stereocenters. The number of nitrogens with one attached hydrogen (secondary N) is 1. The third-order valence-electron chi connectivity index (χ3n) is 2.02. The van der Waals surface area contributed by atoms with Crippen LogP contribution in [0.25, 0.3) is 11.1 Å². The zero-order chi connectivity index (χ0) is 11.0. The van der Waals surface area contributed by atoms with Crippen molar-refractivity contribution in [2.24, 2.45) is 0 Å². The number of nitrogens with zero attached hydrogens (tertiary/aromatic N) is 1. The largest absolute Gasteiger partial charge is 0.507 e. The molecule has 15 heavy (non-hydrogen) atoms. The molecule has 0 saturated heterocycles. The fourth-order valence-corrected chi connectivity index (χ4v) is 1.60. The maximum absolute atomic E-state index is 13.7. The number of phenolic OH excluding ortho intramolecular Hbond substituents is 1. The van der Waals surface area contributed by atoms with E-state index >= 15 is 0 Å². The summed E-state index contributed by atoms with van der Waals surface area (Å²) in [5.41, 5.74) is 6.32. The van der Waals surface area contributed by atoms with E-state index in [1.165, 1.54) is 18.3 Å². The molecule has 1 aromatic carbocycles. The number of nitrogen functional groups attached to an aromatic ring is 1. The van der Waals surface area contributed by atoms with Crippen molar-refractivity contribution in [3.8, 4) is 16.9 Å². The quantitative estimate of drug-likeness (QED) is 0.745. The molecule has 78 valence electrons. The lowest BCUT2D eigenvalue weighted by molar-refractivity contribution is 0.464. The third-order valence-corrected chi connectivity index (χ3v) is 2.78. The molecule has 4 nitrogen and oxygen atoms in total. The van der Waals surface area contributed by atoms with Crippen LogP contribution in [0.5, 0.6) is 5.75 Å². The molecule has 0 aliphatic heterocycles. The van der Waals surface area contributed by atoms with Crippen LogP contribution in [-0.2, 0) is 0 Å². The first-order valence-corrected chi connectivity index (χ1v) is 4.86. The lowest BCUT2D eigenvalue weighted by Crippen LogP contribution is -1.91. The van der Waals surface area contributed by atoms with Crippen molar-refractivity contribution >= 4 is 21.7 Å². The molecule has 0 amide bonds. The molecule has 0 saturated carbocycles. The Labute approximate surface area is 93.1 Å². The minimum absolute atomic E-state index is 0.0144. The Morgan fingerprint density at radius 3 is 2.73 bits per heavy atom. The first kappa shape index (κ1) is 9.97. The summed E-state index contributed by atoms with van der Waals surface area (Å²) >= 11 is 2.94. The highest BCUT2D eigenvalue weighted by Crippen LogP contribution is 2.35. The predicted octanol–water partition coefficient (Wildman–Crippen LogP) is 2.27. The molecule has 0 fully saturated rings. The lowest BCUT2D eigenvalue weighted by atomic mass is 10.1. The Morgan fingerprint density at radius 1 is 1.40 bits per heavy atom. The Morgan fingerprint density at radius 2 is 2.13 bits per heavy atom. The molecule has 0 bridgehead atoms. The van der Waals surface area contributed by atoms with Crippen LogP contribution in [-0.4, -0.2) is 15.3 Å². The van der Waals surface area contributed by atoms with Gasteiger partial charge < -0.3 is 10.8 Å². The van der Waals surface area contributed by atoms with Gasteiger partial charge in [0.25, 0.3) is 0 Å². The van der Waals surface area contributed by atoms with Crippen molar-refractivity contribution in [2.75, 3.05) is 5.73 Å². The molecule has 6 heteroatoms. The van der Waals surface area contributed by atoms with Gasteiger partial charge >= 0.3 is 0 Å². The summed E-state index contributed by atoms with van der Waals surface area (Å²) in [7, 11) is 0. The summed E-state index contributed by atoms with van der Waals surface area (Å²) in [4.78, 5) is 0. The van der Waals surface area contributed by atoms with Crippen LogP contribution in [0.1, 0.15) is 0 Å². The van der Waals surface area contributed by atoms with Crippen molar-refractivity contribution in [3.63, 3.8) is 0 Å². The number of benzene rings is 1. The van der Waals surface area contributed by atoms with E-state index in [0.717, 1.165) is 0 Å². The molecular formula is C9H7BrFN3O. The lowest BCUT2D eigenvalue weighted by Gasteiger charge is -2.04. The average Bonchev–Trinajstić information content (AvgIpc) is 2.62. The standard InChI is InChI=1S/C9H7BrFN3O/c10-7-6(15)2-1-4(8(7)11)5-3-13-14-9(5)12/h1-3,15H,(H3,12,13,14). The van der Waals surface area contributed by atoms with E-state index in [9.17, 15) is 9.50 Å². The summed E-state index contributed by atoms with van der Waals surface area (Å²) in [6.45, 7) is 0. The number of H-pyrrole nitrogens is 1. The van der Waals surface area contributed by atoms with E-state index in [1.54, 1.807) is 0 Å². The van der Waals surface area contributed by atoms with E-state index in [-0.39, 0.29) is 21.6 Å². The van der Waals surface area contributed by atoms with E-state index in [2.05, 4.69) is 26.1 Å². The molecular weight excluding hydrogens is 265 g/mol. The van der Waals surface area contributed by atoms with Crippen LogP contribution < -0.4 is 5.73 Å². The molecule has 1 aromatic heterocycles. The zero-order valence-corrected chi connectivity index (χ0v) is 9.05. The SMILES string of the molecule is Nc1[nH]ncc1-c1ccc(O)c(Br)c1F. The van der Waals surface area contributed by atoms with Gasteiger partial charge in [-0.2, -0.15) is 5.10 Å². The van der Waals surface area contributed by atoms with Gasteiger partial charge in [-0.05, 0) is 28.1 Å². The number of aromatic nitrogens is 2. The smallest absolute Gasteiger partial charge is 0.149 e. The molecule has 0 aliphatic carbocycles. The van der Waals surface area contributed by atoms with E-state index in [0.29, 0.717) is 5.56 Å². The van der Waals surface area contributed by atoms with Gasteiger partial charge in [0, 0.05) is 11.1 Å². The first-order valence-electron chi connectivity index (χ1n) is 4.07. The molecule has 0 radical (unpaired) electrons. The Bertz CT molecular complexity index is 512. The topological polar surface area (TPSA) is 74.9 Å². The van der Waals surface area contributed by atoms with Crippen molar-refractivity contribution in [1.29, 1.82) is 0 Å². The van der Waals surface area contributed by atoms with Gasteiger partial charge in [-0.15, -0.1) is 0 Å². The van der Waals surface area contributed by atoms with E-state index in [1.807, 2.05) is 0 Å². The summed E-state index contributed by atoms with van der Waals surface area (Å²) in [6.07, 6.45) is 1.43. The van der Waals surface area contributed by atoms with Crippen molar-refractivity contribution in [2.45, 2.75) is 0 Å². The molecule has 2 aromatic rings. The maximum Gasteiger partial charge on any atom is 0.149 e.